The maximum Gasteiger partial charge on any atom is 0.261 e. The molecule has 3 aliphatic rings. The minimum atomic E-state index is -0.571. The van der Waals surface area contributed by atoms with Gasteiger partial charge >= 0.3 is 0 Å². The lowest BCUT2D eigenvalue weighted by Gasteiger charge is -2.41. The van der Waals surface area contributed by atoms with Crippen LogP contribution in [0.15, 0.2) is 127 Å². The van der Waals surface area contributed by atoms with Gasteiger partial charge in [-0.1, -0.05) is 84.9 Å². The molecule has 6 aromatic rings. The van der Waals surface area contributed by atoms with E-state index in [1.807, 2.05) is 42.5 Å². The van der Waals surface area contributed by atoms with E-state index in [-0.39, 0.29) is 6.54 Å². The standard InChI is InChI=1S/C43H30N4O6/c48-36(24-45-40(50)30-17-6-10-26-11-7-18-31(38(26)30)41(45)51)44-23-22-35(29-16-4-5-21-34(29)44)47(28-14-2-1-3-15-28)37(49)25-46-42(52)32-19-8-12-27-13-9-20-33(39(27)32)43(46)53/h1-21,35H,22-25H2. The summed E-state index contributed by atoms with van der Waals surface area (Å²) >= 11 is 0. The van der Waals surface area contributed by atoms with E-state index in [9.17, 15) is 28.8 Å². The Morgan fingerprint density at radius 1 is 0.547 bits per heavy atom. The Balaban J connectivity index is 1.02. The first-order valence-electron chi connectivity index (χ1n) is 17.3. The highest BCUT2D eigenvalue weighted by molar-refractivity contribution is 6.27. The summed E-state index contributed by atoms with van der Waals surface area (Å²) in [6.45, 7) is -0.779. The number of hydrogen-bond acceptors (Lipinski definition) is 6. The highest BCUT2D eigenvalue weighted by Gasteiger charge is 2.40. The van der Waals surface area contributed by atoms with Crippen LogP contribution in [0.2, 0.25) is 0 Å². The molecule has 0 aromatic heterocycles. The van der Waals surface area contributed by atoms with Crippen molar-refractivity contribution in [2.75, 3.05) is 29.4 Å². The molecule has 0 saturated carbocycles. The SMILES string of the molecule is O=C1c2cccc3cccc(c23)C(=O)N1CC(=O)N1CCC(N(C(=O)CN2C(=O)c3cccc4cccc(c34)C2=O)c2ccccc2)c2ccccc21. The average molecular weight is 699 g/mol. The third kappa shape index (κ3) is 5.02. The van der Waals surface area contributed by atoms with E-state index in [1.54, 1.807) is 94.7 Å². The van der Waals surface area contributed by atoms with Gasteiger partial charge in [0.15, 0.2) is 0 Å². The van der Waals surface area contributed by atoms with Gasteiger partial charge < -0.3 is 9.80 Å². The molecular formula is C43H30N4O6. The van der Waals surface area contributed by atoms with Crippen molar-refractivity contribution in [2.24, 2.45) is 0 Å². The molecule has 6 aromatic carbocycles. The largest absolute Gasteiger partial charge is 0.310 e. The van der Waals surface area contributed by atoms with E-state index in [1.165, 1.54) is 0 Å². The minimum Gasteiger partial charge on any atom is -0.310 e. The topological polar surface area (TPSA) is 115 Å². The van der Waals surface area contributed by atoms with Crippen LogP contribution in [0.4, 0.5) is 11.4 Å². The molecular weight excluding hydrogens is 668 g/mol. The number of nitrogens with zero attached hydrogens (tertiary/aromatic N) is 4. The van der Waals surface area contributed by atoms with Crippen molar-refractivity contribution in [1.82, 2.24) is 9.80 Å². The van der Waals surface area contributed by atoms with Crippen LogP contribution in [0.5, 0.6) is 0 Å². The number of fused-ring (bicyclic) bond motifs is 1. The highest BCUT2D eigenvalue weighted by Crippen LogP contribution is 2.41. The summed E-state index contributed by atoms with van der Waals surface area (Å²) in [6.07, 6.45) is 0.303. The maximum atomic E-state index is 14.5. The molecule has 0 spiro atoms. The summed E-state index contributed by atoms with van der Waals surface area (Å²) in [4.78, 5) is 88.5. The lowest BCUT2D eigenvalue weighted by atomic mass is 9.93. The Kier molecular flexibility index (Phi) is 7.47. The molecule has 0 saturated heterocycles. The Bertz CT molecular complexity index is 2480. The van der Waals surface area contributed by atoms with Gasteiger partial charge in [-0.05, 0) is 65.2 Å². The zero-order valence-electron chi connectivity index (χ0n) is 28.3. The van der Waals surface area contributed by atoms with Gasteiger partial charge in [0, 0.05) is 50.9 Å². The molecule has 3 aliphatic heterocycles. The molecule has 9 rings (SSSR count). The quantitative estimate of drug-likeness (QED) is 0.186. The molecule has 0 aliphatic carbocycles. The number of carbonyl (C=O) groups is 6. The van der Waals surface area contributed by atoms with E-state index in [0.717, 1.165) is 20.6 Å². The zero-order chi connectivity index (χ0) is 36.4. The van der Waals surface area contributed by atoms with Crippen LogP contribution in [0.25, 0.3) is 21.5 Å². The minimum absolute atomic E-state index is 0.177. The Labute approximate surface area is 303 Å². The summed E-state index contributed by atoms with van der Waals surface area (Å²) in [5.74, 6) is -3.06. The van der Waals surface area contributed by atoms with Crippen molar-refractivity contribution in [3.05, 3.63) is 155 Å². The monoisotopic (exact) mass is 698 g/mol. The summed E-state index contributed by atoms with van der Waals surface area (Å²) in [6, 6.07) is 36.7. The summed E-state index contributed by atoms with van der Waals surface area (Å²) < 4.78 is 0. The van der Waals surface area contributed by atoms with Gasteiger partial charge in [-0.2, -0.15) is 0 Å². The molecule has 1 unspecified atom stereocenters. The highest BCUT2D eigenvalue weighted by atomic mass is 16.2. The predicted octanol–water partition coefficient (Wildman–Crippen LogP) is 6.40. The van der Waals surface area contributed by atoms with Crippen LogP contribution >= 0.6 is 0 Å². The van der Waals surface area contributed by atoms with Crippen molar-refractivity contribution < 1.29 is 28.8 Å². The van der Waals surface area contributed by atoms with Crippen LogP contribution in [0, 0.1) is 0 Å². The van der Waals surface area contributed by atoms with Crippen molar-refractivity contribution in [3.63, 3.8) is 0 Å². The van der Waals surface area contributed by atoms with Crippen LogP contribution in [0.3, 0.4) is 0 Å². The van der Waals surface area contributed by atoms with E-state index in [0.29, 0.717) is 56.4 Å². The second-order valence-corrected chi connectivity index (χ2v) is 13.3. The Morgan fingerprint density at radius 2 is 1.02 bits per heavy atom. The predicted molar refractivity (Wildman–Crippen MR) is 199 cm³/mol. The third-order valence-electron chi connectivity index (χ3n) is 10.4. The first-order chi connectivity index (χ1) is 25.8. The molecule has 10 nitrogen and oxygen atoms in total. The number of anilines is 2. The summed E-state index contributed by atoms with van der Waals surface area (Å²) in [5, 5.41) is 2.71. The van der Waals surface area contributed by atoms with Gasteiger partial charge in [0.1, 0.15) is 13.1 Å². The number of hydrogen-bond donors (Lipinski definition) is 0. The lowest BCUT2D eigenvalue weighted by Crippen LogP contribution is -2.51. The van der Waals surface area contributed by atoms with Gasteiger partial charge in [0.25, 0.3) is 23.6 Å². The molecule has 0 N–H and O–H groups in total. The average Bonchev–Trinajstić information content (AvgIpc) is 3.19. The Hall–Kier alpha value is -6.94. The third-order valence-corrected chi connectivity index (χ3v) is 10.4. The normalized spacial score (nSPS) is 16.3. The van der Waals surface area contributed by atoms with Crippen molar-refractivity contribution in [1.29, 1.82) is 0 Å². The second-order valence-electron chi connectivity index (χ2n) is 13.3. The van der Waals surface area contributed by atoms with E-state index in [4.69, 9.17) is 0 Å². The van der Waals surface area contributed by atoms with Gasteiger partial charge in [-0.25, -0.2) is 0 Å². The maximum absolute atomic E-state index is 14.5. The van der Waals surface area contributed by atoms with E-state index in [2.05, 4.69) is 0 Å². The molecule has 0 fully saturated rings. The van der Waals surface area contributed by atoms with Gasteiger partial charge in [-0.3, -0.25) is 38.6 Å². The van der Waals surface area contributed by atoms with Gasteiger partial charge in [0.05, 0.1) is 6.04 Å². The number of amides is 6. The molecule has 258 valence electrons. The van der Waals surface area contributed by atoms with Crippen molar-refractivity contribution in [2.45, 2.75) is 12.5 Å². The van der Waals surface area contributed by atoms with Gasteiger partial charge in [0.2, 0.25) is 11.8 Å². The molecule has 3 heterocycles. The van der Waals surface area contributed by atoms with Crippen molar-refractivity contribution in [3.8, 4) is 0 Å². The lowest BCUT2D eigenvalue weighted by molar-refractivity contribution is -0.119. The first-order valence-corrected chi connectivity index (χ1v) is 17.3. The van der Waals surface area contributed by atoms with E-state index < -0.39 is 54.6 Å². The molecule has 0 bridgehead atoms. The molecule has 0 radical (unpaired) electrons. The number of benzene rings is 6. The Morgan fingerprint density at radius 3 is 1.55 bits per heavy atom. The number of rotatable bonds is 6. The molecule has 10 heteroatoms. The number of imide groups is 2. The van der Waals surface area contributed by atoms with Crippen LogP contribution in [-0.2, 0) is 9.59 Å². The van der Waals surface area contributed by atoms with Crippen LogP contribution in [-0.4, -0.2) is 64.9 Å². The van der Waals surface area contributed by atoms with Crippen LogP contribution in [0.1, 0.15) is 59.5 Å². The van der Waals surface area contributed by atoms with E-state index >= 15 is 0 Å². The fourth-order valence-electron chi connectivity index (χ4n) is 8.04. The summed E-state index contributed by atoms with van der Waals surface area (Å²) in [5.41, 5.74) is 3.23. The number of para-hydroxylation sites is 2. The second kappa shape index (κ2) is 12.4. The molecule has 1 atom stereocenters. The summed E-state index contributed by atoms with van der Waals surface area (Å²) in [7, 11) is 0. The molecule has 6 amide bonds. The van der Waals surface area contributed by atoms with Crippen LogP contribution < -0.4 is 9.80 Å². The first kappa shape index (κ1) is 32.0. The van der Waals surface area contributed by atoms with Crippen molar-refractivity contribution >= 4 is 68.4 Å². The fraction of sp³-hybridized carbons (Fsp3) is 0.116. The zero-order valence-corrected chi connectivity index (χ0v) is 28.3. The number of carbonyl (C=O) groups excluding carboxylic acids is 6. The fourth-order valence-corrected chi connectivity index (χ4v) is 8.04. The molecule has 53 heavy (non-hydrogen) atoms. The smallest absolute Gasteiger partial charge is 0.261 e. The van der Waals surface area contributed by atoms with Gasteiger partial charge in [-0.15, -0.1) is 0 Å².